The monoisotopic (exact) mass is 147 g/mol. The number of aliphatic carboxylic acids is 1. The van der Waals surface area contributed by atoms with Crippen LogP contribution in [0.3, 0.4) is 0 Å². The largest absolute Gasteiger partial charge is 0.479 e. The van der Waals surface area contributed by atoms with Crippen LogP contribution in [0.25, 0.3) is 0 Å². The molecule has 1 N–H and O–H groups in total. The molecular weight excluding hydrogens is 142 g/mol. The van der Waals surface area contributed by atoms with Gasteiger partial charge in [-0.15, -0.1) is 11.8 Å². The smallest absolute Gasteiger partial charge is 0.339 e. The molecule has 0 aromatic rings. The third-order valence-corrected chi connectivity index (χ3v) is 1.36. The molecule has 0 aliphatic rings. The minimum Gasteiger partial charge on any atom is -0.479 e. The van der Waals surface area contributed by atoms with Gasteiger partial charge in [-0.2, -0.15) is 4.99 Å². The predicted octanol–water partition coefficient (Wildman–Crippen LogP) is 0.0959. The zero-order valence-electron chi connectivity index (χ0n) is 4.70. The maximum atomic E-state index is 10.0. The Labute approximate surface area is 56.0 Å². The van der Waals surface area contributed by atoms with Gasteiger partial charge in [0.1, 0.15) is 0 Å². The Kier molecular flexibility index (Phi) is 3.75. The van der Waals surface area contributed by atoms with Gasteiger partial charge < -0.3 is 5.11 Å². The highest BCUT2D eigenvalue weighted by Crippen LogP contribution is 2.05. The quantitative estimate of drug-likeness (QED) is 0.454. The van der Waals surface area contributed by atoms with Crippen molar-refractivity contribution in [1.82, 2.24) is 0 Å². The number of carbonyl (C=O) groups is 1. The Morgan fingerprint density at radius 2 is 2.44 bits per heavy atom. The molecule has 0 spiro atoms. The summed E-state index contributed by atoms with van der Waals surface area (Å²) >= 11 is 0.974. The van der Waals surface area contributed by atoms with Gasteiger partial charge in [0.25, 0.3) is 0 Å². The van der Waals surface area contributed by atoms with Gasteiger partial charge in [0.05, 0.1) is 0 Å². The lowest BCUT2D eigenvalue weighted by atomic mass is 10.7. The van der Waals surface area contributed by atoms with Crippen molar-refractivity contribution in [2.45, 2.75) is 5.37 Å². The highest BCUT2D eigenvalue weighted by Gasteiger charge is 2.12. The maximum absolute atomic E-state index is 10.0. The number of isocyanates is 1. The zero-order valence-corrected chi connectivity index (χ0v) is 5.51. The summed E-state index contributed by atoms with van der Waals surface area (Å²) in [5.74, 6) is -1.12. The Balaban J connectivity index is 3.98. The van der Waals surface area contributed by atoms with Crippen LogP contribution in [0.1, 0.15) is 0 Å². The standard InChI is InChI=1S/C4H5NO3S/c1-9-3(4(7)8)5-2-6/h3H,1H3,(H,7,8). The summed E-state index contributed by atoms with van der Waals surface area (Å²) in [6.07, 6.45) is 2.73. The number of carboxylic acids is 1. The Morgan fingerprint density at radius 3 is 2.56 bits per heavy atom. The van der Waals surface area contributed by atoms with Gasteiger partial charge in [-0.05, 0) is 6.26 Å². The lowest BCUT2D eigenvalue weighted by molar-refractivity contribution is -0.136. The van der Waals surface area contributed by atoms with Gasteiger partial charge >= 0.3 is 5.97 Å². The lowest BCUT2D eigenvalue weighted by Crippen LogP contribution is -2.12. The fourth-order valence-electron chi connectivity index (χ4n) is 0.257. The normalized spacial score (nSPS) is 11.7. The van der Waals surface area contributed by atoms with E-state index in [2.05, 4.69) is 4.99 Å². The summed E-state index contributed by atoms with van der Waals surface area (Å²) in [6.45, 7) is 0. The van der Waals surface area contributed by atoms with Gasteiger partial charge in [0.15, 0.2) is 0 Å². The molecule has 4 nitrogen and oxygen atoms in total. The Bertz CT molecular complexity index is 150. The number of aliphatic imine (C=N–C) groups is 1. The number of rotatable bonds is 3. The molecule has 0 radical (unpaired) electrons. The van der Waals surface area contributed by atoms with Crippen LogP contribution in [0.2, 0.25) is 0 Å². The minimum atomic E-state index is -1.12. The SMILES string of the molecule is CSC(N=C=O)C(=O)O. The lowest BCUT2D eigenvalue weighted by Gasteiger charge is -1.96. The molecule has 0 bridgehead atoms. The summed E-state index contributed by atoms with van der Waals surface area (Å²) in [4.78, 5) is 22.5. The van der Waals surface area contributed by atoms with Crippen molar-refractivity contribution in [1.29, 1.82) is 0 Å². The first-order valence-corrected chi connectivity index (χ1v) is 3.33. The molecule has 50 valence electrons. The van der Waals surface area contributed by atoms with E-state index in [4.69, 9.17) is 5.11 Å². The molecule has 0 saturated heterocycles. The molecule has 0 saturated carbocycles. The fraction of sp³-hybridized carbons (Fsp3) is 0.500. The van der Waals surface area contributed by atoms with Crippen LogP contribution in [0.15, 0.2) is 4.99 Å². The van der Waals surface area contributed by atoms with Crippen LogP contribution in [0, 0.1) is 0 Å². The van der Waals surface area contributed by atoms with Crippen molar-refractivity contribution in [2.24, 2.45) is 4.99 Å². The second-order valence-corrected chi connectivity index (χ2v) is 2.06. The molecule has 0 aromatic carbocycles. The van der Waals surface area contributed by atoms with Crippen LogP contribution < -0.4 is 0 Å². The van der Waals surface area contributed by atoms with Gasteiger partial charge in [-0.3, -0.25) is 0 Å². The van der Waals surface area contributed by atoms with Crippen molar-refractivity contribution in [3.63, 3.8) is 0 Å². The van der Waals surface area contributed by atoms with Crippen molar-refractivity contribution in [2.75, 3.05) is 6.26 Å². The van der Waals surface area contributed by atoms with Crippen LogP contribution in [-0.2, 0) is 9.59 Å². The number of carboxylic acid groups (broad SMARTS) is 1. The van der Waals surface area contributed by atoms with E-state index in [0.717, 1.165) is 11.8 Å². The molecule has 0 aromatic heterocycles. The van der Waals surface area contributed by atoms with Gasteiger partial charge in [-0.1, -0.05) is 0 Å². The first-order chi connectivity index (χ1) is 4.22. The summed E-state index contributed by atoms with van der Waals surface area (Å²) < 4.78 is 0. The molecule has 0 amide bonds. The molecule has 1 unspecified atom stereocenters. The molecule has 0 aliphatic carbocycles. The second-order valence-electron chi connectivity index (χ2n) is 1.15. The molecule has 1 atom stereocenters. The molecule has 0 aliphatic heterocycles. The van der Waals surface area contributed by atoms with E-state index in [0.29, 0.717) is 0 Å². The van der Waals surface area contributed by atoms with E-state index in [-0.39, 0.29) is 0 Å². The van der Waals surface area contributed by atoms with Crippen LogP contribution >= 0.6 is 11.8 Å². The van der Waals surface area contributed by atoms with Gasteiger partial charge in [0.2, 0.25) is 11.5 Å². The van der Waals surface area contributed by atoms with E-state index in [1.54, 1.807) is 6.26 Å². The molecule has 5 heteroatoms. The Morgan fingerprint density at radius 1 is 1.89 bits per heavy atom. The van der Waals surface area contributed by atoms with Crippen molar-refractivity contribution in [3.05, 3.63) is 0 Å². The molecular formula is C4H5NO3S. The highest BCUT2D eigenvalue weighted by atomic mass is 32.2. The van der Waals surface area contributed by atoms with E-state index in [1.807, 2.05) is 0 Å². The average Bonchev–Trinajstić information content (AvgIpc) is 1.82. The molecule has 9 heavy (non-hydrogen) atoms. The van der Waals surface area contributed by atoms with Crippen LogP contribution in [0.4, 0.5) is 0 Å². The first kappa shape index (κ1) is 8.20. The van der Waals surface area contributed by atoms with Gasteiger partial charge in [0, 0.05) is 0 Å². The van der Waals surface area contributed by atoms with Crippen LogP contribution in [-0.4, -0.2) is 28.8 Å². The summed E-state index contributed by atoms with van der Waals surface area (Å²) in [6, 6.07) is 0. The van der Waals surface area contributed by atoms with Crippen molar-refractivity contribution in [3.8, 4) is 0 Å². The first-order valence-electron chi connectivity index (χ1n) is 2.05. The third kappa shape index (κ3) is 2.90. The summed E-state index contributed by atoms with van der Waals surface area (Å²) in [5.41, 5.74) is 0. The molecule has 0 fully saturated rings. The Hall–Kier alpha value is -0.800. The second kappa shape index (κ2) is 4.12. The van der Waals surface area contributed by atoms with Gasteiger partial charge in [-0.25, -0.2) is 9.59 Å². The number of thioether (sulfide) groups is 1. The molecule has 0 rings (SSSR count). The number of hydrogen-bond acceptors (Lipinski definition) is 4. The predicted molar refractivity (Wildman–Crippen MR) is 33.1 cm³/mol. The van der Waals surface area contributed by atoms with Crippen LogP contribution in [0.5, 0.6) is 0 Å². The topological polar surface area (TPSA) is 66.7 Å². The van der Waals surface area contributed by atoms with E-state index in [9.17, 15) is 9.59 Å². The van der Waals surface area contributed by atoms with E-state index >= 15 is 0 Å². The van der Waals surface area contributed by atoms with Crippen molar-refractivity contribution >= 4 is 23.8 Å². The maximum Gasteiger partial charge on any atom is 0.339 e. The average molecular weight is 147 g/mol. The summed E-state index contributed by atoms with van der Waals surface area (Å²) in [7, 11) is 0. The highest BCUT2D eigenvalue weighted by molar-refractivity contribution is 7.99. The minimum absolute atomic E-state index is 0.974. The molecule has 0 heterocycles. The van der Waals surface area contributed by atoms with E-state index in [1.165, 1.54) is 6.08 Å². The van der Waals surface area contributed by atoms with E-state index < -0.39 is 11.3 Å². The number of hydrogen-bond donors (Lipinski definition) is 1. The zero-order chi connectivity index (χ0) is 7.28. The van der Waals surface area contributed by atoms with Crippen molar-refractivity contribution < 1.29 is 14.7 Å². The summed E-state index contributed by atoms with van der Waals surface area (Å²) in [5, 5.41) is 7.21. The fourth-order valence-corrected chi connectivity index (χ4v) is 0.607. The number of carbonyl (C=O) groups excluding carboxylic acids is 1. The number of nitrogens with zero attached hydrogens (tertiary/aromatic N) is 1. The third-order valence-electron chi connectivity index (χ3n) is 0.604.